The molecule has 5 rings (SSSR count). The second-order valence-electron chi connectivity index (χ2n) is 10.4. The van der Waals surface area contributed by atoms with Gasteiger partial charge in [-0.15, -0.1) is 0 Å². The van der Waals surface area contributed by atoms with Crippen molar-refractivity contribution >= 4 is 11.8 Å². The molecule has 0 N–H and O–H groups in total. The van der Waals surface area contributed by atoms with E-state index in [1.165, 1.54) is 18.8 Å². The van der Waals surface area contributed by atoms with Gasteiger partial charge < -0.3 is 18.9 Å². The van der Waals surface area contributed by atoms with Crippen molar-refractivity contribution in [1.29, 1.82) is 0 Å². The Balaban J connectivity index is 1.50. The second-order valence-corrected chi connectivity index (χ2v) is 10.4. The predicted molar refractivity (Wildman–Crippen MR) is 113 cm³/mol. The van der Waals surface area contributed by atoms with Crippen molar-refractivity contribution in [2.75, 3.05) is 14.2 Å². The summed E-state index contributed by atoms with van der Waals surface area (Å²) in [5.74, 6) is 1.53. The van der Waals surface area contributed by atoms with Gasteiger partial charge in [0.05, 0.1) is 13.2 Å². The van der Waals surface area contributed by atoms with Crippen LogP contribution in [0.25, 0.3) is 0 Å². The van der Waals surface area contributed by atoms with E-state index in [2.05, 4.69) is 6.92 Å². The molecule has 6 nitrogen and oxygen atoms in total. The van der Waals surface area contributed by atoms with Crippen molar-refractivity contribution in [2.45, 2.75) is 76.8 Å². The molecule has 0 aromatic heterocycles. The zero-order valence-corrected chi connectivity index (χ0v) is 19.1. The Labute approximate surface area is 184 Å². The lowest BCUT2D eigenvalue weighted by molar-refractivity contribution is -0.331. The van der Waals surface area contributed by atoms with Crippen LogP contribution in [0.5, 0.6) is 0 Å². The van der Waals surface area contributed by atoms with Crippen molar-refractivity contribution in [1.82, 2.24) is 0 Å². The van der Waals surface area contributed by atoms with Crippen LogP contribution in [0.1, 0.15) is 65.2 Å². The van der Waals surface area contributed by atoms with E-state index in [1.54, 1.807) is 14.0 Å². The number of esters is 1. The molecule has 0 amide bonds. The molecule has 4 fully saturated rings. The number of methoxy groups -OCH3 is 2. The predicted octanol–water partition coefficient (Wildman–Crippen LogP) is 4.29. The molecule has 0 radical (unpaired) electrons. The quantitative estimate of drug-likeness (QED) is 0.481. The number of fused-ring (bicyclic) bond motifs is 6. The Hall–Kier alpha value is -1.66. The Morgan fingerprint density at radius 3 is 2.65 bits per heavy atom. The van der Waals surface area contributed by atoms with Crippen LogP contribution in [0, 0.1) is 29.1 Å². The van der Waals surface area contributed by atoms with E-state index in [1.807, 2.05) is 6.08 Å². The second kappa shape index (κ2) is 7.17. The first kappa shape index (κ1) is 21.2. The highest BCUT2D eigenvalue weighted by atomic mass is 16.9. The summed E-state index contributed by atoms with van der Waals surface area (Å²) in [7, 11) is 2.95. The number of hydrogen-bond donors (Lipinski definition) is 0. The highest BCUT2D eigenvalue weighted by Crippen LogP contribution is 2.69. The maximum Gasteiger partial charge on any atom is 0.333 e. The fraction of sp³-hybridized carbons (Fsp3) is 0.760. The fourth-order valence-electron chi connectivity index (χ4n) is 7.82. The van der Waals surface area contributed by atoms with E-state index in [-0.39, 0.29) is 5.41 Å². The van der Waals surface area contributed by atoms with Gasteiger partial charge in [0.1, 0.15) is 11.4 Å². The van der Waals surface area contributed by atoms with Gasteiger partial charge in [0, 0.05) is 25.9 Å². The molecule has 1 spiro atoms. The molecule has 31 heavy (non-hydrogen) atoms. The van der Waals surface area contributed by atoms with Gasteiger partial charge in [-0.3, -0.25) is 4.79 Å². The summed E-state index contributed by atoms with van der Waals surface area (Å²) in [6, 6.07) is 0. The number of rotatable bonds is 2. The summed E-state index contributed by atoms with van der Waals surface area (Å²) < 4.78 is 23.2. The van der Waals surface area contributed by atoms with Gasteiger partial charge in [-0.25, -0.2) is 4.79 Å². The van der Waals surface area contributed by atoms with Gasteiger partial charge in [-0.2, -0.15) is 0 Å². The number of carbonyl (C=O) groups is 2. The molecule has 1 saturated heterocycles. The lowest BCUT2D eigenvalue weighted by Crippen LogP contribution is -2.54. The number of ketones is 1. The maximum atomic E-state index is 12.2. The van der Waals surface area contributed by atoms with Crippen molar-refractivity contribution in [3.63, 3.8) is 0 Å². The summed E-state index contributed by atoms with van der Waals surface area (Å²) in [6.07, 6.45) is 11.3. The van der Waals surface area contributed by atoms with E-state index < -0.39 is 17.5 Å². The van der Waals surface area contributed by atoms with Gasteiger partial charge in [0.15, 0.2) is 5.78 Å². The molecule has 3 saturated carbocycles. The van der Waals surface area contributed by atoms with Crippen LogP contribution in [0.15, 0.2) is 23.5 Å². The Bertz CT molecular complexity index is 860. The Kier molecular flexibility index (Phi) is 4.91. The third kappa shape index (κ3) is 2.97. The first-order chi connectivity index (χ1) is 14.7. The van der Waals surface area contributed by atoms with Gasteiger partial charge in [0.2, 0.25) is 0 Å². The van der Waals surface area contributed by atoms with Crippen molar-refractivity contribution in [3.05, 3.63) is 23.5 Å². The minimum atomic E-state index is -1.21. The minimum absolute atomic E-state index is 0.143. The van der Waals surface area contributed by atoms with Crippen LogP contribution in [0.2, 0.25) is 0 Å². The summed E-state index contributed by atoms with van der Waals surface area (Å²) >= 11 is 0. The molecule has 1 aliphatic heterocycles. The molecule has 170 valence electrons. The van der Waals surface area contributed by atoms with Crippen LogP contribution < -0.4 is 0 Å². The molecule has 0 aromatic rings. The molecule has 0 bridgehead atoms. The smallest absolute Gasteiger partial charge is 0.333 e. The van der Waals surface area contributed by atoms with Crippen LogP contribution in [0.4, 0.5) is 0 Å². The lowest BCUT2D eigenvalue weighted by Gasteiger charge is -2.55. The zero-order chi connectivity index (χ0) is 22.0. The van der Waals surface area contributed by atoms with Crippen LogP contribution in [-0.4, -0.2) is 37.5 Å². The number of carbonyl (C=O) groups excluding carboxylic acids is 2. The molecule has 0 aromatic carbocycles. The summed E-state index contributed by atoms with van der Waals surface area (Å²) in [5.41, 5.74) is 0.573. The van der Waals surface area contributed by atoms with Crippen molar-refractivity contribution < 1.29 is 28.5 Å². The molecule has 1 heterocycles. The normalized spacial score (nSPS) is 47.4. The minimum Gasteiger partial charge on any atom is -0.466 e. The third-order valence-electron chi connectivity index (χ3n) is 9.29. The standard InChI is InChI=1S/C25H34O6/c1-23-11-9-18-17-8-6-16(26)13-15(17)5-7-19(18)20(23)10-12-25(23)21(14-22(27)28-3)30-24(2,29-4)31-25/h13-14,17-20H,5-12H2,1-4H3/b21-14-/t17-,18+,19+,20-,23-,24?,25-/m0/s1. The monoisotopic (exact) mass is 430 g/mol. The first-order valence-corrected chi connectivity index (χ1v) is 11.7. The van der Waals surface area contributed by atoms with E-state index >= 15 is 0 Å². The van der Waals surface area contributed by atoms with Gasteiger partial charge in [-0.05, 0) is 74.7 Å². The SMILES string of the molecule is COC(=O)/C=C1\OC(C)(OC)O[C@@]12CC[C@H]1[C@@H]3CCC4=CC(=O)CC[C@@H]4[C@H]3CC[C@@]12C. The molecule has 7 atom stereocenters. The zero-order valence-electron chi connectivity index (χ0n) is 19.1. The van der Waals surface area contributed by atoms with E-state index in [0.29, 0.717) is 41.6 Å². The largest absolute Gasteiger partial charge is 0.466 e. The topological polar surface area (TPSA) is 71.1 Å². The molecular weight excluding hydrogens is 396 g/mol. The average molecular weight is 431 g/mol. The van der Waals surface area contributed by atoms with Gasteiger partial charge >= 0.3 is 11.9 Å². The Morgan fingerprint density at radius 1 is 1.10 bits per heavy atom. The number of ether oxygens (including phenoxy) is 4. The summed E-state index contributed by atoms with van der Waals surface area (Å²) in [5, 5.41) is 0. The molecule has 5 aliphatic rings. The first-order valence-electron chi connectivity index (χ1n) is 11.7. The molecule has 4 aliphatic carbocycles. The molecule has 1 unspecified atom stereocenters. The van der Waals surface area contributed by atoms with Crippen LogP contribution >= 0.6 is 0 Å². The summed E-state index contributed by atoms with van der Waals surface area (Å²) in [4.78, 5) is 24.1. The Morgan fingerprint density at radius 2 is 1.90 bits per heavy atom. The molecule has 6 heteroatoms. The van der Waals surface area contributed by atoms with E-state index in [4.69, 9.17) is 18.9 Å². The van der Waals surface area contributed by atoms with Gasteiger partial charge in [-0.1, -0.05) is 12.5 Å². The highest BCUT2D eigenvalue weighted by molar-refractivity contribution is 5.91. The van der Waals surface area contributed by atoms with E-state index in [9.17, 15) is 9.59 Å². The lowest BCUT2D eigenvalue weighted by atomic mass is 9.50. The van der Waals surface area contributed by atoms with Crippen molar-refractivity contribution in [3.8, 4) is 0 Å². The molecular formula is C25H34O6. The third-order valence-corrected chi connectivity index (χ3v) is 9.29. The average Bonchev–Trinajstić information content (AvgIpc) is 3.22. The van der Waals surface area contributed by atoms with Gasteiger partial charge in [0.25, 0.3) is 0 Å². The maximum absolute atomic E-state index is 12.2. The number of hydrogen-bond acceptors (Lipinski definition) is 6. The fourth-order valence-corrected chi connectivity index (χ4v) is 7.82. The number of allylic oxidation sites excluding steroid dienone is 1. The van der Waals surface area contributed by atoms with Crippen LogP contribution in [-0.2, 0) is 28.5 Å². The van der Waals surface area contributed by atoms with Crippen LogP contribution in [0.3, 0.4) is 0 Å². The summed E-state index contributed by atoms with van der Waals surface area (Å²) in [6.45, 7) is 4.10. The van der Waals surface area contributed by atoms with E-state index in [0.717, 1.165) is 44.9 Å². The van der Waals surface area contributed by atoms with Crippen molar-refractivity contribution in [2.24, 2.45) is 29.1 Å². The highest BCUT2D eigenvalue weighted by Gasteiger charge is 2.70.